The number of piperazine rings is 1. The molecule has 1 fully saturated rings. The van der Waals surface area contributed by atoms with Crippen LogP contribution in [0.3, 0.4) is 0 Å². The van der Waals surface area contributed by atoms with E-state index in [0.717, 1.165) is 25.2 Å². The lowest BCUT2D eigenvalue weighted by Gasteiger charge is -2.30. The predicted molar refractivity (Wildman–Crippen MR) is 77.2 cm³/mol. The van der Waals surface area contributed by atoms with E-state index in [1.807, 2.05) is 6.92 Å². The van der Waals surface area contributed by atoms with Crippen LogP contribution in [0, 0.1) is 12.7 Å². The summed E-state index contributed by atoms with van der Waals surface area (Å²) < 4.78 is 19.0. The molecule has 1 saturated heterocycles. The maximum atomic E-state index is 13.8. The quantitative estimate of drug-likeness (QED) is 0.936. The lowest BCUT2D eigenvalue weighted by molar-refractivity contribution is 0.193. The van der Waals surface area contributed by atoms with Crippen LogP contribution in [0.5, 0.6) is 0 Å². The van der Waals surface area contributed by atoms with Gasteiger partial charge in [0.2, 0.25) is 0 Å². The number of hydrogen-bond acceptors (Lipinski definition) is 5. The number of nitrogens with one attached hydrogen (secondary N) is 1. The Labute approximate surface area is 123 Å². The van der Waals surface area contributed by atoms with E-state index in [4.69, 9.17) is 4.52 Å². The molecule has 0 radical (unpaired) electrons. The number of aromatic nitrogens is 2. The topological polar surface area (TPSA) is 54.2 Å². The average Bonchev–Trinajstić information content (AvgIpc) is 2.90. The van der Waals surface area contributed by atoms with Gasteiger partial charge in [-0.2, -0.15) is 4.98 Å². The van der Waals surface area contributed by atoms with Gasteiger partial charge in [0, 0.05) is 25.7 Å². The lowest BCUT2D eigenvalue weighted by atomic mass is 10.1. The Kier molecular flexibility index (Phi) is 3.98. The summed E-state index contributed by atoms with van der Waals surface area (Å²) in [5, 5.41) is 7.35. The molecule has 0 bridgehead atoms. The molecule has 1 aromatic carbocycles. The molecule has 0 aliphatic carbocycles. The summed E-state index contributed by atoms with van der Waals surface area (Å²) in [4.78, 5) is 6.59. The molecule has 5 nitrogen and oxygen atoms in total. The Hall–Kier alpha value is -1.79. The lowest BCUT2D eigenvalue weighted by Crippen LogP contribution is -2.48. The van der Waals surface area contributed by atoms with E-state index in [1.165, 1.54) is 6.07 Å². The number of benzene rings is 1. The van der Waals surface area contributed by atoms with Crippen molar-refractivity contribution in [3.8, 4) is 11.5 Å². The summed E-state index contributed by atoms with van der Waals surface area (Å²) in [5.41, 5.74) is 1.32. The Morgan fingerprint density at radius 3 is 3.14 bits per heavy atom. The Morgan fingerprint density at radius 2 is 2.33 bits per heavy atom. The van der Waals surface area contributed by atoms with Gasteiger partial charge in [-0.3, -0.25) is 4.90 Å². The zero-order valence-electron chi connectivity index (χ0n) is 12.3. The highest BCUT2D eigenvalue weighted by atomic mass is 19.1. The maximum absolute atomic E-state index is 13.8. The van der Waals surface area contributed by atoms with E-state index >= 15 is 0 Å². The second-order valence-electron chi connectivity index (χ2n) is 5.59. The molecule has 112 valence electrons. The van der Waals surface area contributed by atoms with Crippen molar-refractivity contribution < 1.29 is 8.91 Å². The van der Waals surface area contributed by atoms with Crippen LogP contribution in [-0.2, 0) is 6.54 Å². The van der Waals surface area contributed by atoms with E-state index < -0.39 is 0 Å². The molecule has 1 aliphatic heterocycles. The van der Waals surface area contributed by atoms with E-state index in [0.29, 0.717) is 24.0 Å². The van der Waals surface area contributed by atoms with Crippen LogP contribution in [0.25, 0.3) is 11.5 Å². The van der Waals surface area contributed by atoms with Gasteiger partial charge in [-0.05, 0) is 26.0 Å². The molecule has 0 saturated carbocycles. The van der Waals surface area contributed by atoms with Gasteiger partial charge in [-0.15, -0.1) is 0 Å². The standard InChI is InChI=1S/C15H19FN4O/c1-10-3-4-13(16)12(7-10)15-18-14(19-21-15)9-20-6-5-17-11(2)8-20/h3-4,7,11,17H,5-6,8-9H2,1-2H3/t11-/m1/s1. The molecule has 0 spiro atoms. The van der Waals surface area contributed by atoms with Crippen molar-refractivity contribution >= 4 is 0 Å². The maximum Gasteiger partial charge on any atom is 0.260 e. The first kappa shape index (κ1) is 14.2. The first-order chi connectivity index (χ1) is 10.1. The SMILES string of the molecule is Cc1ccc(F)c(-c2nc(CN3CCN[C@H](C)C3)no2)c1. The van der Waals surface area contributed by atoms with Crippen molar-refractivity contribution in [3.05, 3.63) is 35.4 Å². The fourth-order valence-electron chi connectivity index (χ4n) is 2.59. The van der Waals surface area contributed by atoms with Crippen molar-refractivity contribution in [1.29, 1.82) is 0 Å². The molecule has 1 atom stereocenters. The van der Waals surface area contributed by atoms with Gasteiger partial charge in [-0.1, -0.05) is 16.8 Å². The summed E-state index contributed by atoms with van der Waals surface area (Å²) in [6.45, 7) is 7.54. The zero-order chi connectivity index (χ0) is 14.8. The minimum absolute atomic E-state index is 0.245. The minimum Gasteiger partial charge on any atom is -0.334 e. The smallest absolute Gasteiger partial charge is 0.260 e. The Bertz CT molecular complexity index is 628. The molecule has 21 heavy (non-hydrogen) atoms. The summed E-state index contributed by atoms with van der Waals surface area (Å²) in [6.07, 6.45) is 0. The second kappa shape index (κ2) is 5.91. The molecule has 1 aliphatic rings. The summed E-state index contributed by atoms with van der Waals surface area (Å²) in [7, 11) is 0. The van der Waals surface area contributed by atoms with Gasteiger partial charge in [0.05, 0.1) is 12.1 Å². The van der Waals surface area contributed by atoms with Crippen molar-refractivity contribution in [3.63, 3.8) is 0 Å². The van der Waals surface area contributed by atoms with Crippen molar-refractivity contribution in [2.24, 2.45) is 0 Å². The van der Waals surface area contributed by atoms with Gasteiger partial charge >= 0.3 is 0 Å². The molecule has 2 aromatic rings. The highest BCUT2D eigenvalue weighted by molar-refractivity contribution is 5.55. The highest BCUT2D eigenvalue weighted by Crippen LogP contribution is 2.22. The molecule has 1 N–H and O–H groups in total. The van der Waals surface area contributed by atoms with Crippen molar-refractivity contribution in [2.45, 2.75) is 26.4 Å². The van der Waals surface area contributed by atoms with Gasteiger partial charge in [-0.25, -0.2) is 4.39 Å². The largest absolute Gasteiger partial charge is 0.334 e. The average molecular weight is 290 g/mol. The molecule has 0 unspecified atom stereocenters. The fourth-order valence-corrected chi connectivity index (χ4v) is 2.59. The number of rotatable bonds is 3. The third-order valence-corrected chi connectivity index (χ3v) is 3.64. The predicted octanol–water partition coefficient (Wildman–Crippen LogP) is 1.98. The number of hydrogen-bond donors (Lipinski definition) is 1. The van der Waals surface area contributed by atoms with Gasteiger partial charge < -0.3 is 9.84 Å². The Balaban J connectivity index is 1.75. The third kappa shape index (κ3) is 3.28. The van der Waals surface area contributed by atoms with Crippen LogP contribution < -0.4 is 5.32 Å². The van der Waals surface area contributed by atoms with Crippen LogP contribution in [-0.4, -0.2) is 40.7 Å². The van der Waals surface area contributed by atoms with E-state index in [-0.39, 0.29) is 11.7 Å². The number of nitrogens with zero attached hydrogens (tertiary/aromatic N) is 3. The van der Waals surface area contributed by atoms with Crippen LogP contribution in [0.1, 0.15) is 18.3 Å². The third-order valence-electron chi connectivity index (χ3n) is 3.64. The molecule has 3 rings (SSSR count). The van der Waals surface area contributed by atoms with Crippen molar-refractivity contribution in [1.82, 2.24) is 20.4 Å². The zero-order valence-corrected chi connectivity index (χ0v) is 12.3. The first-order valence-electron chi connectivity index (χ1n) is 7.16. The summed E-state index contributed by atoms with van der Waals surface area (Å²) in [5.74, 6) is 0.501. The number of aryl methyl sites for hydroxylation is 1. The van der Waals surface area contributed by atoms with Crippen LogP contribution >= 0.6 is 0 Å². The van der Waals surface area contributed by atoms with Crippen LogP contribution in [0.15, 0.2) is 22.7 Å². The normalized spacial score (nSPS) is 19.9. The second-order valence-corrected chi connectivity index (χ2v) is 5.59. The van der Waals surface area contributed by atoms with Gasteiger partial charge in [0.1, 0.15) is 5.82 Å². The Morgan fingerprint density at radius 1 is 1.48 bits per heavy atom. The van der Waals surface area contributed by atoms with Crippen molar-refractivity contribution in [2.75, 3.05) is 19.6 Å². The van der Waals surface area contributed by atoms with Crippen LogP contribution in [0.2, 0.25) is 0 Å². The number of halogens is 1. The highest BCUT2D eigenvalue weighted by Gasteiger charge is 2.19. The summed E-state index contributed by atoms with van der Waals surface area (Å²) in [6, 6.07) is 5.32. The van der Waals surface area contributed by atoms with E-state index in [1.54, 1.807) is 12.1 Å². The fraction of sp³-hybridized carbons (Fsp3) is 0.467. The molecular weight excluding hydrogens is 271 g/mol. The summed E-state index contributed by atoms with van der Waals surface area (Å²) >= 11 is 0. The first-order valence-corrected chi connectivity index (χ1v) is 7.16. The molecule has 2 heterocycles. The van der Waals surface area contributed by atoms with E-state index in [2.05, 4.69) is 27.3 Å². The van der Waals surface area contributed by atoms with Gasteiger partial charge in [0.15, 0.2) is 5.82 Å². The molecular formula is C15H19FN4O. The molecule has 0 amide bonds. The van der Waals surface area contributed by atoms with Crippen LogP contribution in [0.4, 0.5) is 4.39 Å². The molecule has 1 aromatic heterocycles. The van der Waals surface area contributed by atoms with E-state index in [9.17, 15) is 4.39 Å². The van der Waals surface area contributed by atoms with Gasteiger partial charge in [0.25, 0.3) is 5.89 Å². The monoisotopic (exact) mass is 290 g/mol. The minimum atomic E-state index is -0.341. The molecule has 6 heteroatoms.